The van der Waals surface area contributed by atoms with Crippen molar-refractivity contribution in [1.82, 2.24) is 9.88 Å². The van der Waals surface area contributed by atoms with Gasteiger partial charge in [0.05, 0.1) is 5.69 Å². The smallest absolute Gasteiger partial charge is 0.165 e. The zero-order chi connectivity index (χ0) is 12.0. The number of nitriles is 1. The van der Waals surface area contributed by atoms with Crippen LogP contribution in [-0.4, -0.2) is 36.6 Å². The molecule has 0 saturated carbocycles. The molecule has 0 aliphatic carbocycles. The molecule has 0 fully saturated rings. The van der Waals surface area contributed by atoms with Gasteiger partial charge in [0, 0.05) is 13.1 Å². The quantitative estimate of drug-likeness (QED) is 0.769. The zero-order valence-corrected chi connectivity index (χ0v) is 9.70. The summed E-state index contributed by atoms with van der Waals surface area (Å²) in [5.41, 5.74) is 6.26. The molecule has 0 aliphatic rings. The van der Waals surface area contributed by atoms with E-state index < -0.39 is 0 Å². The first-order valence-corrected chi connectivity index (χ1v) is 5.26. The van der Waals surface area contributed by atoms with E-state index in [0.29, 0.717) is 11.5 Å². The van der Waals surface area contributed by atoms with Crippen LogP contribution in [0, 0.1) is 11.3 Å². The number of hydrogen-bond acceptors (Lipinski definition) is 5. The molecule has 0 bridgehead atoms. The number of nitrogen functional groups attached to an aromatic ring is 1. The van der Waals surface area contributed by atoms with Gasteiger partial charge < -0.3 is 16.0 Å². The lowest BCUT2D eigenvalue weighted by Gasteiger charge is -2.14. The summed E-state index contributed by atoms with van der Waals surface area (Å²) in [4.78, 5) is 6.29. The van der Waals surface area contributed by atoms with Crippen molar-refractivity contribution < 1.29 is 0 Å². The Morgan fingerprint density at radius 2 is 2.31 bits per heavy atom. The Kier molecular flexibility index (Phi) is 4.55. The Hall–Kier alpha value is -1.80. The summed E-state index contributed by atoms with van der Waals surface area (Å²) < 4.78 is 0. The average Bonchev–Trinajstić information content (AvgIpc) is 2.31. The summed E-state index contributed by atoms with van der Waals surface area (Å²) in [6, 6.07) is 5.43. The van der Waals surface area contributed by atoms with Crippen LogP contribution in [0.3, 0.4) is 0 Å². The molecule has 0 aliphatic heterocycles. The highest BCUT2D eigenvalue weighted by atomic mass is 15.1. The molecule has 1 rings (SSSR count). The van der Waals surface area contributed by atoms with Crippen molar-refractivity contribution >= 4 is 11.5 Å². The van der Waals surface area contributed by atoms with Crippen LogP contribution in [0.5, 0.6) is 0 Å². The van der Waals surface area contributed by atoms with Crippen LogP contribution in [0.15, 0.2) is 12.1 Å². The standard InChI is InChI=1S/C11H17N5/c1-3-16(2)7-6-14-11-5-4-9(13)10(8-12)15-11/h4-5H,3,6-7,13H2,1-2H3,(H,14,15). The molecule has 5 heteroatoms. The van der Waals surface area contributed by atoms with Crippen LogP contribution in [0.2, 0.25) is 0 Å². The monoisotopic (exact) mass is 219 g/mol. The van der Waals surface area contributed by atoms with E-state index in [1.54, 1.807) is 12.1 Å². The lowest BCUT2D eigenvalue weighted by molar-refractivity contribution is 0.367. The van der Waals surface area contributed by atoms with E-state index in [-0.39, 0.29) is 5.69 Å². The Morgan fingerprint density at radius 3 is 2.94 bits per heavy atom. The number of nitrogens with one attached hydrogen (secondary N) is 1. The molecule has 1 aromatic heterocycles. The first-order valence-electron chi connectivity index (χ1n) is 5.26. The van der Waals surface area contributed by atoms with Crippen LogP contribution >= 0.6 is 0 Å². The fourth-order valence-corrected chi connectivity index (χ4v) is 1.19. The molecule has 16 heavy (non-hydrogen) atoms. The summed E-state index contributed by atoms with van der Waals surface area (Å²) in [5, 5.41) is 11.9. The van der Waals surface area contributed by atoms with Crippen molar-refractivity contribution in [1.29, 1.82) is 5.26 Å². The number of anilines is 2. The van der Waals surface area contributed by atoms with Gasteiger partial charge in [-0.05, 0) is 25.7 Å². The minimum atomic E-state index is 0.272. The van der Waals surface area contributed by atoms with Crippen LogP contribution < -0.4 is 11.1 Å². The molecule has 0 unspecified atom stereocenters. The van der Waals surface area contributed by atoms with Crippen LogP contribution in [-0.2, 0) is 0 Å². The highest BCUT2D eigenvalue weighted by Crippen LogP contribution is 2.11. The van der Waals surface area contributed by atoms with E-state index in [4.69, 9.17) is 11.0 Å². The predicted octanol–water partition coefficient (Wildman–Crippen LogP) is 0.899. The summed E-state index contributed by atoms with van der Waals surface area (Å²) in [6.45, 7) is 4.85. The fraction of sp³-hybridized carbons (Fsp3) is 0.455. The number of nitrogens with zero attached hydrogens (tertiary/aromatic N) is 3. The first kappa shape index (κ1) is 12.3. The Bertz CT molecular complexity index is 382. The second-order valence-corrected chi connectivity index (χ2v) is 3.57. The van der Waals surface area contributed by atoms with E-state index in [1.807, 2.05) is 6.07 Å². The zero-order valence-electron chi connectivity index (χ0n) is 9.70. The molecule has 1 aromatic rings. The van der Waals surface area contributed by atoms with Crippen LogP contribution in [0.25, 0.3) is 0 Å². The Labute approximate surface area is 95.9 Å². The van der Waals surface area contributed by atoms with Gasteiger partial charge in [-0.15, -0.1) is 0 Å². The Balaban J connectivity index is 2.52. The first-order chi connectivity index (χ1) is 7.67. The van der Waals surface area contributed by atoms with Gasteiger partial charge >= 0.3 is 0 Å². The van der Waals surface area contributed by atoms with Gasteiger partial charge in [0.2, 0.25) is 0 Å². The maximum absolute atomic E-state index is 8.77. The molecular weight excluding hydrogens is 202 g/mol. The van der Waals surface area contributed by atoms with Gasteiger partial charge in [-0.2, -0.15) is 5.26 Å². The van der Waals surface area contributed by atoms with Crippen molar-refractivity contribution in [2.75, 3.05) is 37.7 Å². The van der Waals surface area contributed by atoms with Gasteiger partial charge in [-0.1, -0.05) is 6.92 Å². The molecule has 0 radical (unpaired) electrons. The minimum absolute atomic E-state index is 0.272. The molecule has 0 saturated heterocycles. The van der Waals surface area contributed by atoms with E-state index in [9.17, 15) is 0 Å². The third kappa shape index (κ3) is 3.41. The highest BCUT2D eigenvalue weighted by molar-refractivity contribution is 5.54. The van der Waals surface area contributed by atoms with Gasteiger partial charge in [-0.25, -0.2) is 4.98 Å². The molecule has 0 aromatic carbocycles. The third-order valence-electron chi connectivity index (χ3n) is 2.37. The van der Waals surface area contributed by atoms with Gasteiger partial charge in [0.25, 0.3) is 0 Å². The maximum atomic E-state index is 8.77. The summed E-state index contributed by atoms with van der Waals surface area (Å²) in [7, 11) is 2.05. The largest absolute Gasteiger partial charge is 0.396 e. The average molecular weight is 219 g/mol. The van der Waals surface area contributed by atoms with E-state index in [1.165, 1.54) is 0 Å². The number of hydrogen-bond donors (Lipinski definition) is 2. The third-order valence-corrected chi connectivity index (χ3v) is 2.37. The van der Waals surface area contributed by atoms with Gasteiger partial charge in [-0.3, -0.25) is 0 Å². The summed E-state index contributed by atoms with van der Waals surface area (Å²) >= 11 is 0. The molecular formula is C11H17N5. The Morgan fingerprint density at radius 1 is 1.56 bits per heavy atom. The predicted molar refractivity (Wildman–Crippen MR) is 65.0 cm³/mol. The van der Waals surface area contributed by atoms with Crippen molar-refractivity contribution in [2.24, 2.45) is 0 Å². The lowest BCUT2D eigenvalue weighted by Crippen LogP contribution is -2.25. The van der Waals surface area contributed by atoms with Crippen molar-refractivity contribution in [3.05, 3.63) is 17.8 Å². The van der Waals surface area contributed by atoms with Crippen molar-refractivity contribution in [2.45, 2.75) is 6.92 Å². The SMILES string of the molecule is CCN(C)CCNc1ccc(N)c(C#N)n1. The molecule has 3 N–H and O–H groups in total. The number of pyridine rings is 1. The molecule has 0 amide bonds. The number of likely N-dealkylation sites (N-methyl/N-ethyl adjacent to an activating group) is 1. The van der Waals surface area contributed by atoms with Crippen molar-refractivity contribution in [3.8, 4) is 6.07 Å². The normalized spacial score (nSPS) is 10.1. The second kappa shape index (κ2) is 5.93. The number of rotatable bonds is 5. The number of nitrogens with two attached hydrogens (primary N) is 1. The fourth-order valence-electron chi connectivity index (χ4n) is 1.19. The molecule has 0 atom stereocenters. The van der Waals surface area contributed by atoms with E-state index in [2.05, 4.69) is 29.2 Å². The summed E-state index contributed by atoms with van der Waals surface area (Å²) in [5.74, 6) is 0.690. The van der Waals surface area contributed by atoms with Crippen molar-refractivity contribution in [3.63, 3.8) is 0 Å². The molecule has 1 heterocycles. The minimum Gasteiger partial charge on any atom is -0.396 e. The molecule has 5 nitrogen and oxygen atoms in total. The molecule has 86 valence electrons. The highest BCUT2D eigenvalue weighted by Gasteiger charge is 2.01. The molecule has 0 spiro atoms. The maximum Gasteiger partial charge on any atom is 0.165 e. The van der Waals surface area contributed by atoms with E-state index in [0.717, 1.165) is 19.6 Å². The van der Waals surface area contributed by atoms with Gasteiger partial charge in [0.15, 0.2) is 5.69 Å². The van der Waals surface area contributed by atoms with E-state index >= 15 is 0 Å². The summed E-state index contributed by atoms with van der Waals surface area (Å²) in [6.07, 6.45) is 0. The second-order valence-electron chi connectivity index (χ2n) is 3.57. The van der Waals surface area contributed by atoms with Gasteiger partial charge in [0.1, 0.15) is 11.9 Å². The van der Waals surface area contributed by atoms with Crippen LogP contribution in [0.4, 0.5) is 11.5 Å². The number of aromatic nitrogens is 1. The van der Waals surface area contributed by atoms with Crippen LogP contribution in [0.1, 0.15) is 12.6 Å². The lowest BCUT2D eigenvalue weighted by atomic mass is 10.3. The topological polar surface area (TPSA) is 78.0 Å².